The van der Waals surface area contributed by atoms with Crippen molar-refractivity contribution >= 4 is 17.4 Å². The second kappa shape index (κ2) is 7.20. The van der Waals surface area contributed by atoms with Crippen LogP contribution in [-0.2, 0) is 6.54 Å². The van der Waals surface area contributed by atoms with Crippen molar-refractivity contribution in [3.8, 4) is 0 Å². The molecule has 0 radical (unpaired) electrons. The van der Waals surface area contributed by atoms with Crippen LogP contribution in [-0.4, -0.2) is 28.3 Å². The fraction of sp³-hybridized carbons (Fsp3) is 0.583. The lowest BCUT2D eigenvalue weighted by molar-refractivity contribution is 0.476. The van der Waals surface area contributed by atoms with E-state index in [9.17, 15) is 0 Å². The van der Waals surface area contributed by atoms with Crippen molar-refractivity contribution in [2.45, 2.75) is 32.7 Å². The zero-order valence-corrected chi connectivity index (χ0v) is 12.0. The Morgan fingerprint density at radius 1 is 1.42 bits per heavy atom. The Labute approximate surface area is 116 Å². The van der Waals surface area contributed by atoms with E-state index in [1.807, 2.05) is 11.6 Å². The quantitative estimate of drug-likeness (QED) is 0.723. The zero-order chi connectivity index (χ0) is 13.5. The molecule has 0 amide bonds. The smallest absolute Gasteiger partial charge is 0.315 e. The summed E-state index contributed by atoms with van der Waals surface area (Å²) in [4.78, 5) is 4.29. The lowest BCUT2D eigenvalue weighted by Gasteiger charge is -2.07. The molecule has 0 aromatic carbocycles. The minimum atomic E-state index is 0.327. The Bertz CT molecular complexity index is 470. The summed E-state index contributed by atoms with van der Waals surface area (Å²) in [5.74, 6) is 0.936. The second-order valence-corrected chi connectivity index (χ2v) is 5.26. The normalized spacial score (nSPS) is 12.5. The van der Waals surface area contributed by atoms with Crippen LogP contribution in [0.2, 0.25) is 0 Å². The molecule has 0 aliphatic heterocycles. The minimum Gasteiger partial charge on any atom is -0.407 e. The number of nitrogens with zero attached hydrogens (tertiary/aromatic N) is 3. The number of thiazole rings is 1. The van der Waals surface area contributed by atoms with Crippen LogP contribution < -0.4 is 10.6 Å². The predicted octanol–water partition coefficient (Wildman–Crippen LogP) is 2.24. The second-order valence-electron chi connectivity index (χ2n) is 4.33. The molecule has 2 heterocycles. The van der Waals surface area contributed by atoms with E-state index in [0.717, 1.165) is 24.5 Å². The van der Waals surface area contributed by atoms with Crippen LogP contribution >= 0.6 is 11.3 Å². The first-order valence-corrected chi connectivity index (χ1v) is 7.34. The molecule has 2 aromatic heterocycles. The van der Waals surface area contributed by atoms with E-state index in [0.29, 0.717) is 24.4 Å². The summed E-state index contributed by atoms with van der Waals surface area (Å²) >= 11 is 1.66. The number of anilines is 1. The highest BCUT2D eigenvalue weighted by molar-refractivity contribution is 7.09. The van der Waals surface area contributed by atoms with E-state index in [4.69, 9.17) is 4.42 Å². The molecule has 1 unspecified atom stereocenters. The minimum absolute atomic E-state index is 0.327. The number of hydrogen-bond donors (Lipinski definition) is 2. The van der Waals surface area contributed by atoms with Gasteiger partial charge in [-0.3, -0.25) is 0 Å². The van der Waals surface area contributed by atoms with Gasteiger partial charge in [0.1, 0.15) is 0 Å². The third-order valence-corrected chi connectivity index (χ3v) is 3.61. The molecule has 0 saturated carbocycles. The first kappa shape index (κ1) is 14.0. The van der Waals surface area contributed by atoms with Crippen LogP contribution in [0.15, 0.2) is 16.0 Å². The first-order valence-electron chi connectivity index (χ1n) is 6.46. The molecule has 6 nitrogen and oxygen atoms in total. The number of aromatic nitrogens is 3. The van der Waals surface area contributed by atoms with Gasteiger partial charge in [0.15, 0.2) is 0 Å². The van der Waals surface area contributed by atoms with E-state index < -0.39 is 0 Å². The molecule has 19 heavy (non-hydrogen) atoms. The molecule has 2 aromatic rings. The molecule has 0 saturated heterocycles. The van der Waals surface area contributed by atoms with E-state index >= 15 is 0 Å². The average molecular weight is 281 g/mol. The summed E-state index contributed by atoms with van der Waals surface area (Å²) in [6.07, 6.45) is 2.91. The summed E-state index contributed by atoms with van der Waals surface area (Å²) in [6.45, 7) is 6.54. The topological polar surface area (TPSA) is 75.9 Å². The Balaban J connectivity index is 1.77. The molecule has 2 rings (SSSR count). The zero-order valence-electron chi connectivity index (χ0n) is 11.2. The van der Waals surface area contributed by atoms with Gasteiger partial charge in [-0.2, -0.15) is 0 Å². The molecule has 7 heteroatoms. The molecular formula is C12H19N5OS. The summed E-state index contributed by atoms with van der Waals surface area (Å²) in [6, 6.07) is 0.469. The molecule has 1 atom stereocenters. The molecule has 0 bridgehead atoms. The van der Waals surface area contributed by atoms with Crippen LogP contribution in [0, 0.1) is 0 Å². The summed E-state index contributed by atoms with van der Waals surface area (Å²) < 4.78 is 5.49. The fourth-order valence-electron chi connectivity index (χ4n) is 1.57. The van der Waals surface area contributed by atoms with Gasteiger partial charge in [-0.15, -0.1) is 16.4 Å². The summed E-state index contributed by atoms with van der Waals surface area (Å²) in [5, 5.41) is 17.4. The average Bonchev–Trinajstić information content (AvgIpc) is 3.08. The van der Waals surface area contributed by atoms with Gasteiger partial charge in [0.25, 0.3) is 0 Å². The van der Waals surface area contributed by atoms with Gasteiger partial charge in [0.05, 0.1) is 11.6 Å². The predicted molar refractivity (Wildman–Crippen MR) is 75.3 cm³/mol. The van der Waals surface area contributed by atoms with E-state index in [1.54, 1.807) is 11.3 Å². The standard InChI is InChI=1S/C12H19N5OS/c1-3-4-13-8-10-16-17-12(18-10)15-7-9(2)11-14-5-6-19-11/h5-6,9,13H,3-4,7-8H2,1-2H3,(H,15,17). The maximum absolute atomic E-state index is 5.49. The molecule has 104 valence electrons. The molecule has 0 fully saturated rings. The largest absolute Gasteiger partial charge is 0.407 e. The maximum Gasteiger partial charge on any atom is 0.315 e. The van der Waals surface area contributed by atoms with Gasteiger partial charge in [0, 0.05) is 24.0 Å². The van der Waals surface area contributed by atoms with Crippen molar-refractivity contribution in [1.82, 2.24) is 20.5 Å². The van der Waals surface area contributed by atoms with Gasteiger partial charge in [-0.05, 0) is 13.0 Å². The van der Waals surface area contributed by atoms with E-state index in [1.165, 1.54) is 0 Å². The molecule has 2 N–H and O–H groups in total. The Morgan fingerprint density at radius 2 is 2.32 bits per heavy atom. The van der Waals surface area contributed by atoms with Gasteiger partial charge >= 0.3 is 6.01 Å². The highest BCUT2D eigenvalue weighted by atomic mass is 32.1. The molecular weight excluding hydrogens is 262 g/mol. The summed E-state index contributed by atoms with van der Waals surface area (Å²) in [7, 11) is 0. The van der Waals surface area contributed by atoms with Crippen molar-refractivity contribution in [2.24, 2.45) is 0 Å². The van der Waals surface area contributed by atoms with Crippen molar-refractivity contribution in [3.05, 3.63) is 22.5 Å². The van der Waals surface area contributed by atoms with Gasteiger partial charge in [-0.1, -0.05) is 18.9 Å². The third-order valence-electron chi connectivity index (χ3n) is 2.60. The van der Waals surface area contributed by atoms with Crippen molar-refractivity contribution in [3.63, 3.8) is 0 Å². The van der Waals surface area contributed by atoms with Gasteiger partial charge < -0.3 is 15.1 Å². The van der Waals surface area contributed by atoms with E-state index in [2.05, 4.69) is 39.7 Å². The molecule has 0 aliphatic carbocycles. The highest BCUT2D eigenvalue weighted by Gasteiger charge is 2.10. The molecule has 0 aliphatic rings. The van der Waals surface area contributed by atoms with Crippen molar-refractivity contribution in [2.75, 3.05) is 18.4 Å². The van der Waals surface area contributed by atoms with Gasteiger partial charge in [-0.25, -0.2) is 4.98 Å². The number of nitrogens with one attached hydrogen (secondary N) is 2. The Hall–Kier alpha value is -1.47. The van der Waals surface area contributed by atoms with Crippen LogP contribution in [0.4, 0.5) is 6.01 Å². The number of hydrogen-bond acceptors (Lipinski definition) is 7. The van der Waals surface area contributed by atoms with Crippen LogP contribution in [0.5, 0.6) is 0 Å². The van der Waals surface area contributed by atoms with Crippen molar-refractivity contribution < 1.29 is 4.42 Å². The lowest BCUT2D eigenvalue weighted by Crippen LogP contribution is -2.13. The Morgan fingerprint density at radius 3 is 3.05 bits per heavy atom. The lowest BCUT2D eigenvalue weighted by atomic mass is 10.2. The van der Waals surface area contributed by atoms with Crippen LogP contribution in [0.3, 0.4) is 0 Å². The maximum atomic E-state index is 5.49. The summed E-state index contributed by atoms with van der Waals surface area (Å²) in [5.41, 5.74) is 0. The SMILES string of the molecule is CCCNCc1nnc(NCC(C)c2nccs2)o1. The Kier molecular flexibility index (Phi) is 5.29. The number of rotatable bonds is 8. The van der Waals surface area contributed by atoms with E-state index in [-0.39, 0.29) is 0 Å². The van der Waals surface area contributed by atoms with Gasteiger partial charge in [0.2, 0.25) is 5.89 Å². The van der Waals surface area contributed by atoms with Crippen LogP contribution in [0.1, 0.15) is 37.1 Å². The molecule has 0 spiro atoms. The third kappa shape index (κ3) is 4.29. The first-order chi connectivity index (χ1) is 9.29. The monoisotopic (exact) mass is 281 g/mol. The highest BCUT2D eigenvalue weighted by Crippen LogP contribution is 2.18. The van der Waals surface area contributed by atoms with Crippen molar-refractivity contribution in [1.29, 1.82) is 0 Å². The van der Waals surface area contributed by atoms with Crippen LogP contribution in [0.25, 0.3) is 0 Å². The fourth-order valence-corrected chi connectivity index (χ4v) is 2.27.